The van der Waals surface area contributed by atoms with E-state index in [9.17, 15) is 0 Å². The lowest BCUT2D eigenvalue weighted by molar-refractivity contribution is 0.330. The smallest absolute Gasteiger partial charge is 0.0366 e. The van der Waals surface area contributed by atoms with Crippen molar-refractivity contribution in [3.05, 3.63) is 29.8 Å². The van der Waals surface area contributed by atoms with Gasteiger partial charge >= 0.3 is 0 Å². The predicted octanol–water partition coefficient (Wildman–Crippen LogP) is 3.58. The molecule has 1 rings (SSSR count). The van der Waals surface area contributed by atoms with E-state index in [1.54, 1.807) is 0 Å². The molecule has 0 radical (unpaired) electrons. The van der Waals surface area contributed by atoms with E-state index in [2.05, 4.69) is 63.9 Å². The van der Waals surface area contributed by atoms with Crippen LogP contribution in [0.4, 0.5) is 5.69 Å². The second-order valence-electron chi connectivity index (χ2n) is 6.03. The summed E-state index contributed by atoms with van der Waals surface area (Å²) in [6, 6.07) is 9.14. The minimum atomic E-state index is 0.106. The van der Waals surface area contributed by atoms with E-state index in [1.807, 2.05) is 6.92 Å². The summed E-state index contributed by atoms with van der Waals surface area (Å²) in [7, 11) is 2.15. The van der Waals surface area contributed by atoms with Gasteiger partial charge in [0.1, 0.15) is 0 Å². The van der Waals surface area contributed by atoms with Crippen LogP contribution in [0.5, 0.6) is 0 Å². The normalized spacial score (nSPS) is 15.5. The molecule has 2 heteroatoms. The third-order valence-electron chi connectivity index (χ3n) is 3.66. The van der Waals surface area contributed by atoms with Crippen LogP contribution in [-0.2, 0) is 0 Å². The van der Waals surface area contributed by atoms with Gasteiger partial charge < -0.3 is 10.6 Å². The molecule has 0 bridgehead atoms. The Hall–Kier alpha value is -1.02. The molecule has 0 saturated heterocycles. The van der Waals surface area contributed by atoms with Gasteiger partial charge in [-0.05, 0) is 37.0 Å². The molecule has 1 aromatic carbocycles. The Labute approximate surface area is 106 Å². The standard InChI is InChI=1S/C15H26N2/c1-11(16)13-7-9-14(10-8-13)17(6)12(2)15(3,4)5/h7-12H,16H2,1-6H3/t11-,12?/m0/s1. The van der Waals surface area contributed by atoms with Crippen molar-refractivity contribution in [2.45, 2.75) is 46.7 Å². The molecule has 0 aliphatic rings. The van der Waals surface area contributed by atoms with Crippen molar-refractivity contribution in [1.82, 2.24) is 0 Å². The summed E-state index contributed by atoms with van der Waals surface area (Å²) in [5.74, 6) is 0. The fourth-order valence-electron chi connectivity index (χ4n) is 1.82. The Morgan fingerprint density at radius 1 is 1.06 bits per heavy atom. The lowest BCUT2D eigenvalue weighted by atomic mass is 9.87. The Balaban J connectivity index is 2.87. The first-order valence-corrected chi connectivity index (χ1v) is 6.32. The molecule has 0 heterocycles. The molecule has 1 unspecified atom stereocenters. The van der Waals surface area contributed by atoms with E-state index in [4.69, 9.17) is 5.73 Å². The van der Waals surface area contributed by atoms with Gasteiger partial charge in [0.25, 0.3) is 0 Å². The van der Waals surface area contributed by atoms with E-state index in [0.717, 1.165) is 0 Å². The summed E-state index contributed by atoms with van der Waals surface area (Å²) in [5, 5.41) is 0. The second kappa shape index (κ2) is 5.09. The van der Waals surface area contributed by atoms with Crippen LogP contribution in [0.1, 0.15) is 46.2 Å². The van der Waals surface area contributed by atoms with Crippen LogP contribution in [0.15, 0.2) is 24.3 Å². The van der Waals surface area contributed by atoms with Gasteiger partial charge in [-0.25, -0.2) is 0 Å². The minimum absolute atomic E-state index is 0.106. The summed E-state index contributed by atoms with van der Waals surface area (Å²) in [6.07, 6.45) is 0. The number of hydrogen-bond acceptors (Lipinski definition) is 2. The van der Waals surface area contributed by atoms with Crippen LogP contribution in [0.2, 0.25) is 0 Å². The van der Waals surface area contributed by atoms with Gasteiger partial charge in [-0.1, -0.05) is 32.9 Å². The van der Waals surface area contributed by atoms with E-state index in [0.29, 0.717) is 6.04 Å². The first kappa shape index (κ1) is 14.0. The van der Waals surface area contributed by atoms with Gasteiger partial charge in [-0.15, -0.1) is 0 Å². The number of rotatable bonds is 3. The highest BCUT2D eigenvalue weighted by Gasteiger charge is 2.23. The lowest BCUT2D eigenvalue weighted by Gasteiger charge is -2.37. The second-order valence-corrected chi connectivity index (χ2v) is 6.03. The van der Waals surface area contributed by atoms with Crippen molar-refractivity contribution in [1.29, 1.82) is 0 Å². The number of nitrogens with zero attached hydrogens (tertiary/aromatic N) is 1. The summed E-state index contributed by atoms with van der Waals surface area (Å²) in [5.41, 5.74) is 8.56. The van der Waals surface area contributed by atoms with Crippen molar-refractivity contribution in [2.75, 3.05) is 11.9 Å². The van der Waals surface area contributed by atoms with E-state index in [1.165, 1.54) is 11.3 Å². The quantitative estimate of drug-likeness (QED) is 0.866. The van der Waals surface area contributed by atoms with Gasteiger partial charge in [0.15, 0.2) is 0 Å². The molecule has 17 heavy (non-hydrogen) atoms. The molecule has 0 amide bonds. The maximum absolute atomic E-state index is 5.86. The van der Waals surface area contributed by atoms with E-state index < -0.39 is 0 Å². The zero-order chi connectivity index (χ0) is 13.2. The van der Waals surface area contributed by atoms with Crippen molar-refractivity contribution < 1.29 is 0 Å². The predicted molar refractivity (Wildman–Crippen MR) is 76.4 cm³/mol. The number of hydrogen-bond donors (Lipinski definition) is 1. The molecule has 0 aromatic heterocycles. The SMILES string of the molecule is CC(N(C)c1ccc([C@H](C)N)cc1)C(C)(C)C. The summed E-state index contributed by atoms with van der Waals surface area (Å²) in [4.78, 5) is 2.32. The van der Waals surface area contributed by atoms with Crippen molar-refractivity contribution in [3.8, 4) is 0 Å². The third-order valence-corrected chi connectivity index (χ3v) is 3.66. The first-order chi connectivity index (χ1) is 7.73. The molecule has 0 fully saturated rings. The molecule has 2 atom stereocenters. The van der Waals surface area contributed by atoms with E-state index in [-0.39, 0.29) is 11.5 Å². The van der Waals surface area contributed by atoms with Crippen LogP contribution in [0.3, 0.4) is 0 Å². The molecule has 0 saturated carbocycles. The third kappa shape index (κ3) is 3.47. The molecule has 96 valence electrons. The highest BCUT2D eigenvalue weighted by atomic mass is 15.1. The Morgan fingerprint density at radius 2 is 1.53 bits per heavy atom. The Morgan fingerprint density at radius 3 is 1.88 bits per heavy atom. The summed E-state index contributed by atoms with van der Waals surface area (Å²) < 4.78 is 0. The molecule has 0 spiro atoms. The Bertz CT molecular complexity index is 346. The van der Waals surface area contributed by atoms with Gasteiger partial charge in [0, 0.05) is 24.8 Å². The highest BCUT2D eigenvalue weighted by Crippen LogP contribution is 2.27. The fraction of sp³-hybridized carbons (Fsp3) is 0.600. The zero-order valence-corrected chi connectivity index (χ0v) is 12.0. The topological polar surface area (TPSA) is 29.3 Å². The van der Waals surface area contributed by atoms with Gasteiger partial charge in [-0.2, -0.15) is 0 Å². The van der Waals surface area contributed by atoms with Crippen LogP contribution >= 0.6 is 0 Å². The first-order valence-electron chi connectivity index (χ1n) is 6.32. The molecular weight excluding hydrogens is 208 g/mol. The maximum Gasteiger partial charge on any atom is 0.0366 e. The van der Waals surface area contributed by atoms with E-state index >= 15 is 0 Å². The maximum atomic E-state index is 5.86. The molecule has 2 N–H and O–H groups in total. The molecule has 1 aromatic rings. The minimum Gasteiger partial charge on any atom is -0.371 e. The molecular formula is C15H26N2. The average molecular weight is 234 g/mol. The van der Waals surface area contributed by atoms with Gasteiger partial charge in [-0.3, -0.25) is 0 Å². The summed E-state index contributed by atoms with van der Waals surface area (Å²) in [6.45, 7) is 11.1. The molecule has 0 aliphatic carbocycles. The number of nitrogens with two attached hydrogens (primary N) is 1. The highest BCUT2D eigenvalue weighted by molar-refractivity contribution is 5.48. The molecule has 0 aliphatic heterocycles. The lowest BCUT2D eigenvalue weighted by Crippen LogP contribution is -2.39. The van der Waals surface area contributed by atoms with Crippen LogP contribution < -0.4 is 10.6 Å². The van der Waals surface area contributed by atoms with Crippen LogP contribution in [0.25, 0.3) is 0 Å². The summed E-state index contributed by atoms with van der Waals surface area (Å²) >= 11 is 0. The molecule has 2 nitrogen and oxygen atoms in total. The largest absolute Gasteiger partial charge is 0.371 e. The van der Waals surface area contributed by atoms with Crippen molar-refractivity contribution in [3.63, 3.8) is 0 Å². The number of anilines is 1. The average Bonchev–Trinajstić information content (AvgIpc) is 2.26. The van der Waals surface area contributed by atoms with Crippen molar-refractivity contribution >= 4 is 5.69 Å². The zero-order valence-electron chi connectivity index (χ0n) is 12.0. The van der Waals surface area contributed by atoms with Crippen molar-refractivity contribution in [2.24, 2.45) is 11.1 Å². The van der Waals surface area contributed by atoms with Crippen LogP contribution in [0, 0.1) is 5.41 Å². The number of benzene rings is 1. The monoisotopic (exact) mass is 234 g/mol. The Kier molecular flexibility index (Phi) is 4.21. The fourth-order valence-corrected chi connectivity index (χ4v) is 1.82. The van der Waals surface area contributed by atoms with Gasteiger partial charge in [0.2, 0.25) is 0 Å². The van der Waals surface area contributed by atoms with Crippen LogP contribution in [-0.4, -0.2) is 13.1 Å². The van der Waals surface area contributed by atoms with Gasteiger partial charge in [0.05, 0.1) is 0 Å².